The standard InChI is InChI=1S/C18H21N5O2.ClH/c1-2-23-14(11-15(24)22-9-7-19-8-10-22)16-12-5-3-4-6-13(12)20-18(25)17(16)21-23;/h3-6,19H,2,7-11H2,1H3,(H,20,25);1H. The van der Waals surface area contributed by atoms with E-state index in [1.54, 1.807) is 4.68 Å². The Morgan fingerprint density at radius 3 is 2.69 bits per heavy atom. The van der Waals surface area contributed by atoms with Gasteiger partial charge in [-0.15, -0.1) is 12.4 Å². The summed E-state index contributed by atoms with van der Waals surface area (Å²) >= 11 is 0. The highest BCUT2D eigenvalue weighted by molar-refractivity contribution is 6.06. The van der Waals surface area contributed by atoms with Crippen molar-refractivity contribution in [3.05, 3.63) is 40.3 Å². The average Bonchev–Trinajstić information content (AvgIpc) is 3.02. The van der Waals surface area contributed by atoms with E-state index in [1.165, 1.54) is 0 Å². The zero-order valence-corrected chi connectivity index (χ0v) is 15.4. The van der Waals surface area contributed by atoms with Crippen molar-refractivity contribution in [1.82, 2.24) is 25.0 Å². The first kappa shape index (κ1) is 18.4. The summed E-state index contributed by atoms with van der Waals surface area (Å²) in [5, 5.41) is 9.45. The zero-order valence-electron chi connectivity index (χ0n) is 14.6. The lowest BCUT2D eigenvalue weighted by Crippen LogP contribution is -2.47. The Labute approximate surface area is 156 Å². The van der Waals surface area contributed by atoms with Crippen molar-refractivity contribution in [3.63, 3.8) is 0 Å². The SMILES string of the molecule is CCn1nc2c(=O)[nH]c3ccccc3c2c1CC(=O)N1CCNCC1.Cl. The molecule has 0 atom stereocenters. The number of nitrogens with one attached hydrogen (secondary N) is 2. The maximum atomic E-state index is 12.8. The minimum Gasteiger partial charge on any atom is -0.340 e. The van der Waals surface area contributed by atoms with Gasteiger partial charge in [0.25, 0.3) is 5.56 Å². The van der Waals surface area contributed by atoms with Gasteiger partial charge in [-0.1, -0.05) is 18.2 Å². The summed E-state index contributed by atoms with van der Waals surface area (Å²) < 4.78 is 1.78. The van der Waals surface area contributed by atoms with Gasteiger partial charge >= 0.3 is 0 Å². The minimum absolute atomic E-state index is 0. The van der Waals surface area contributed by atoms with Crippen molar-refractivity contribution in [3.8, 4) is 0 Å². The van der Waals surface area contributed by atoms with Crippen molar-refractivity contribution in [1.29, 1.82) is 0 Å². The second-order valence-electron chi connectivity index (χ2n) is 6.29. The molecule has 1 fully saturated rings. The number of aryl methyl sites for hydroxylation is 1. The highest BCUT2D eigenvalue weighted by Gasteiger charge is 2.22. The van der Waals surface area contributed by atoms with E-state index in [0.29, 0.717) is 12.1 Å². The topological polar surface area (TPSA) is 83.0 Å². The third-order valence-electron chi connectivity index (χ3n) is 4.81. The number of fused-ring (bicyclic) bond motifs is 3. The monoisotopic (exact) mass is 375 g/mol. The van der Waals surface area contributed by atoms with Gasteiger partial charge in [0.2, 0.25) is 5.91 Å². The predicted octanol–water partition coefficient (Wildman–Crippen LogP) is 1.29. The van der Waals surface area contributed by atoms with Crippen LogP contribution in [0.4, 0.5) is 0 Å². The van der Waals surface area contributed by atoms with Crippen LogP contribution in [0.2, 0.25) is 0 Å². The Bertz CT molecular complexity index is 1000. The first-order valence-corrected chi connectivity index (χ1v) is 8.68. The minimum atomic E-state index is -0.211. The molecule has 1 amide bonds. The number of para-hydroxylation sites is 1. The normalized spacial score (nSPS) is 14.6. The van der Waals surface area contributed by atoms with E-state index in [2.05, 4.69) is 15.4 Å². The highest BCUT2D eigenvalue weighted by Crippen LogP contribution is 2.25. The Balaban J connectivity index is 0.00000196. The maximum absolute atomic E-state index is 12.8. The molecule has 0 spiro atoms. The summed E-state index contributed by atoms with van der Waals surface area (Å²) in [6, 6.07) is 7.67. The van der Waals surface area contributed by atoms with Crippen molar-refractivity contribution >= 4 is 40.1 Å². The van der Waals surface area contributed by atoms with Crippen LogP contribution in [0.15, 0.2) is 29.1 Å². The molecule has 3 heterocycles. The molecule has 0 radical (unpaired) electrons. The lowest BCUT2D eigenvalue weighted by Gasteiger charge is -2.27. The van der Waals surface area contributed by atoms with Gasteiger partial charge in [-0.25, -0.2) is 0 Å². The Morgan fingerprint density at radius 1 is 1.23 bits per heavy atom. The van der Waals surface area contributed by atoms with Crippen LogP contribution in [0.3, 0.4) is 0 Å². The molecule has 7 nitrogen and oxygen atoms in total. The van der Waals surface area contributed by atoms with Gasteiger partial charge in [0, 0.05) is 49.0 Å². The zero-order chi connectivity index (χ0) is 17.4. The first-order chi connectivity index (χ1) is 12.2. The number of hydrogen-bond donors (Lipinski definition) is 2. The number of carbonyl (C=O) groups excluding carboxylic acids is 1. The molecule has 0 aliphatic carbocycles. The predicted molar refractivity (Wildman–Crippen MR) is 104 cm³/mol. The Hall–Kier alpha value is -2.38. The van der Waals surface area contributed by atoms with Crippen molar-refractivity contribution < 1.29 is 4.79 Å². The Kier molecular flexibility index (Phi) is 5.29. The van der Waals surface area contributed by atoms with Gasteiger partial charge in [0.05, 0.1) is 12.1 Å². The number of piperazine rings is 1. The molecule has 8 heteroatoms. The molecule has 4 rings (SSSR count). The van der Waals surface area contributed by atoms with Crippen LogP contribution in [0.25, 0.3) is 21.8 Å². The van der Waals surface area contributed by atoms with Crippen LogP contribution >= 0.6 is 12.4 Å². The van der Waals surface area contributed by atoms with E-state index < -0.39 is 0 Å². The molecule has 1 aliphatic heterocycles. The van der Waals surface area contributed by atoms with Crippen LogP contribution in [0.5, 0.6) is 0 Å². The van der Waals surface area contributed by atoms with E-state index in [4.69, 9.17) is 0 Å². The molecular formula is C18H22ClN5O2. The smallest absolute Gasteiger partial charge is 0.276 e. The summed E-state index contributed by atoms with van der Waals surface area (Å²) in [6.07, 6.45) is 0.262. The fourth-order valence-electron chi connectivity index (χ4n) is 3.54. The largest absolute Gasteiger partial charge is 0.340 e. The molecular weight excluding hydrogens is 354 g/mol. The van der Waals surface area contributed by atoms with E-state index in [9.17, 15) is 9.59 Å². The van der Waals surface area contributed by atoms with Gasteiger partial charge in [0.1, 0.15) is 0 Å². The number of carbonyl (C=O) groups is 1. The van der Waals surface area contributed by atoms with E-state index in [-0.39, 0.29) is 30.3 Å². The molecule has 2 N–H and O–H groups in total. The number of aromatic amines is 1. The maximum Gasteiger partial charge on any atom is 0.276 e. The molecule has 1 aliphatic rings. The number of nitrogens with zero attached hydrogens (tertiary/aromatic N) is 3. The molecule has 1 saturated heterocycles. The summed E-state index contributed by atoms with van der Waals surface area (Å²) in [5.74, 6) is 0.0855. The number of halogens is 1. The number of rotatable bonds is 3. The number of H-pyrrole nitrogens is 1. The first-order valence-electron chi connectivity index (χ1n) is 8.68. The summed E-state index contributed by atoms with van der Waals surface area (Å²) in [4.78, 5) is 30.0. The fourth-order valence-corrected chi connectivity index (χ4v) is 3.54. The lowest BCUT2D eigenvalue weighted by molar-refractivity contribution is -0.131. The number of pyridine rings is 1. The van der Waals surface area contributed by atoms with Gasteiger partial charge in [-0.05, 0) is 13.0 Å². The number of aromatic nitrogens is 3. The third kappa shape index (κ3) is 3.08. The quantitative estimate of drug-likeness (QED) is 0.722. The molecule has 26 heavy (non-hydrogen) atoms. The highest BCUT2D eigenvalue weighted by atomic mass is 35.5. The van der Waals surface area contributed by atoms with Gasteiger partial charge in [-0.2, -0.15) is 5.10 Å². The van der Waals surface area contributed by atoms with Crippen LogP contribution in [0, 0.1) is 0 Å². The second kappa shape index (κ2) is 7.47. The van der Waals surface area contributed by atoms with Crippen LogP contribution in [0.1, 0.15) is 12.6 Å². The summed E-state index contributed by atoms with van der Waals surface area (Å²) in [7, 11) is 0. The van der Waals surface area contributed by atoms with E-state index >= 15 is 0 Å². The molecule has 0 saturated carbocycles. The van der Waals surface area contributed by atoms with Crippen LogP contribution in [-0.2, 0) is 17.8 Å². The van der Waals surface area contributed by atoms with Crippen molar-refractivity contribution in [2.45, 2.75) is 19.9 Å². The van der Waals surface area contributed by atoms with E-state index in [1.807, 2.05) is 36.1 Å². The second-order valence-corrected chi connectivity index (χ2v) is 6.29. The fraction of sp³-hybridized carbons (Fsp3) is 0.389. The Morgan fingerprint density at radius 2 is 1.96 bits per heavy atom. The van der Waals surface area contributed by atoms with Crippen molar-refractivity contribution in [2.75, 3.05) is 26.2 Å². The summed E-state index contributed by atoms with van der Waals surface area (Å²) in [5.41, 5.74) is 1.79. The molecule has 3 aromatic rings. The lowest BCUT2D eigenvalue weighted by atomic mass is 10.1. The average molecular weight is 376 g/mol. The molecule has 0 bridgehead atoms. The number of benzene rings is 1. The van der Waals surface area contributed by atoms with E-state index in [0.717, 1.165) is 48.2 Å². The number of hydrogen-bond acceptors (Lipinski definition) is 4. The van der Waals surface area contributed by atoms with Gasteiger partial charge in [0.15, 0.2) is 5.52 Å². The molecule has 0 unspecified atom stereocenters. The summed E-state index contributed by atoms with van der Waals surface area (Å²) in [6.45, 7) is 5.68. The van der Waals surface area contributed by atoms with Crippen LogP contribution < -0.4 is 10.9 Å². The van der Waals surface area contributed by atoms with Crippen molar-refractivity contribution in [2.24, 2.45) is 0 Å². The third-order valence-corrected chi connectivity index (χ3v) is 4.81. The van der Waals surface area contributed by atoms with Gasteiger partial charge in [-0.3, -0.25) is 14.3 Å². The van der Waals surface area contributed by atoms with Crippen LogP contribution in [-0.4, -0.2) is 51.8 Å². The molecule has 2 aromatic heterocycles. The molecule has 138 valence electrons. The number of amides is 1. The molecule has 1 aromatic carbocycles. The van der Waals surface area contributed by atoms with Gasteiger partial charge < -0.3 is 15.2 Å².